The number of fused-ring (bicyclic) bond motifs is 5. The molecule has 0 spiro atoms. The predicted molar refractivity (Wildman–Crippen MR) is 104 cm³/mol. The molecule has 4 aliphatic carbocycles. The first-order valence-electron chi connectivity index (χ1n) is 10.7. The van der Waals surface area contributed by atoms with Crippen molar-refractivity contribution in [3.63, 3.8) is 0 Å². The summed E-state index contributed by atoms with van der Waals surface area (Å²) < 4.78 is 0. The Morgan fingerprint density at radius 1 is 1.08 bits per heavy atom. The number of rotatable bonds is 1. The zero-order valence-corrected chi connectivity index (χ0v) is 16.9. The maximum atomic E-state index is 2.67. The molecule has 6 atom stereocenters. The van der Waals surface area contributed by atoms with Crippen molar-refractivity contribution in [2.75, 3.05) is 0 Å². The molecule has 0 aromatic rings. The standard InChI is InChI=1S/C24H38/c1-15(2)19-10-11-20-22-16(3)13-18-9-7-8-12-23(18,5)21(22)14-17(4)24(19,20)6/h13,15,17,19-21H,7-12,14H2,1-6H3. The van der Waals surface area contributed by atoms with Gasteiger partial charge in [0.15, 0.2) is 0 Å². The van der Waals surface area contributed by atoms with Gasteiger partial charge in [0.05, 0.1) is 0 Å². The molecular formula is C24H38. The van der Waals surface area contributed by atoms with Gasteiger partial charge in [-0.15, -0.1) is 0 Å². The lowest BCUT2D eigenvalue weighted by Gasteiger charge is -2.58. The molecule has 0 radical (unpaired) electrons. The highest BCUT2D eigenvalue weighted by Crippen LogP contribution is 2.68. The Morgan fingerprint density at radius 2 is 1.83 bits per heavy atom. The van der Waals surface area contributed by atoms with Crippen LogP contribution in [0, 0.1) is 40.4 Å². The molecule has 3 fully saturated rings. The van der Waals surface area contributed by atoms with Crippen LogP contribution in [-0.4, -0.2) is 0 Å². The first-order chi connectivity index (χ1) is 11.3. The molecular weight excluding hydrogens is 288 g/mol. The van der Waals surface area contributed by atoms with E-state index in [0.29, 0.717) is 10.8 Å². The largest absolute Gasteiger partial charge is 0.0634 e. The van der Waals surface area contributed by atoms with Crippen LogP contribution in [0.25, 0.3) is 0 Å². The minimum atomic E-state index is 0.485. The van der Waals surface area contributed by atoms with E-state index in [4.69, 9.17) is 0 Å². The smallest absolute Gasteiger partial charge is 0.00474 e. The van der Waals surface area contributed by atoms with Gasteiger partial charge in [0.2, 0.25) is 0 Å². The average Bonchev–Trinajstić information content (AvgIpc) is 2.88. The molecule has 4 aliphatic rings. The fraction of sp³-hybridized carbons (Fsp3) is 0.833. The quantitative estimate of drug-likeness (QED) is 0.479. The van der Waals surface area contributed by atoms with Crippen molar-refractivity contribution in [3.8, 4) is 0 Å². The van der Waals surface area contributed by atoms with Crippen LogP contribution >= 0.6 is 0 Å². The van der Waals surface area contributed by atoms with E-state index in [2.05, 4.69) is 47.6 Å². The molecule has 6 unspecified atom stereocenters. The predicted octanol–water partition coefficient (Wildman–Crippen LogP) is 7.17. The molecule has 0 heteroatoms. The summed E-state index contributed by atoms with van der Waals surface area (Å²) in [6.45, 7) is 15.3. The van der Waals surface area contributed by atoms with Crippen molar-refractivity contribution >= 4 is 0 Å². The molecule has 0 amide bonds. The van der Waals surface area contributed by atoms with Crippen LogP contribution in [0.2, 0.25) is 0 Å². The van der Waals surface area contributed by atoms with E-state index < -0.39 is 0 Å². The van der Waals surface area contributed by atoms with Crippen molar-refractivity contribution in [2.45, 2.75) is 86.5 Å². The van der Waals surface area contributed by atoms with Crippen LogP contribution in [0.1, 0.15) is 86.5 Å². The topological polar surface area (TPSA) is 0 Å². The summed E-state index contributed by atoms with van der Waals surface area (Å²) in [5.41, 5.74) is 6.40. The number of hydrogen-bond acceptors (Lipinski definition) is 0. The Labute approximate surface area is 150 Å². The summed E-state index contributed by atoms with van der Waals surface area (Å²) >= 11 is 0. The van der Waals surface area contributed by atoms with Gasteiger partial charge in [-0.05, 0) is 85.9 Å². The maximum Gasteiger partial charge on any atom is -0.00474 e. The van der Waals surface area contributed by atoms with Crippen molar-refractivity contribution < 1.29 is 0 Å². The number of allylic oxidation sites excluding steroid dienone is 4. The molecule has 134 valence electrons. The second-order valence-corrected chi connectivity index (χ2v) is 10.5. The Kier molecular flexibility index (Phi) is 3.87. The Hall–Kier alpha value is -0.520. The van der Waals surface area contributed by atoms with Gasteiger partial charge < -0.3 is 0 Å². The van der Waals surface area contributed by atoms with E-state index in [1.54, 1.807) is 11.1 Å². The Bertz CT molecular complexity index is 591. The van der Waals surface area contributed by atoms with Gasteiger partial charge in [-0.1, -0.05) is 63.8 Å². The average molecular weight is 327 g/mol. The highest BCUT2D eigenvalue weighted by Gasteiger charge is 2.59. The van der Waals surface area contributed by atoms with E-state index in [-0.39, 0.29) is 0 Å². The fourth-order valence-electron chi connectivity index (χ4n) is 7.84. The van der Waals surface area contributed by atoms with Crippen LogP contribution < -0.4 is 0 Å². The Balaban J connectivity index is 1.82. The molecule has 0 aromatic heterocycles. The second-order valence-electron chi connectivity index (χ2n) is 10.5. The van der Waals surface area contributed by atoms with Crippen LogP contribution in [0.5, 0.6) is 0 Å². The van der Waals surface area contributed by atoms with Crippen LogP contribution in [0.4, 0.5) is 0 Å². The third-order valence-corrected chi connectivity index (χ3v) is 9.26. The third kappa shape index (κ3) is 2.04. The van der Waals surface area contributed by atoms with E-state index in [9.17, 15) is 0 Å². The monoisotopic (exact) mass is 326 g/mol. The summed E-state index contributed by atoms with van der Waals surface area (Å²) in [6.07, 6.45) is 12.7. The lowest BCUT2D eigenvalue weighted by atomic mass is 9.46. The van der Waals surface area contributed by atoms with Crippen molar-refractivity contribution in [3.05, 3.63) is 22.8 Å². The van der Waals surface area contributed by atoms with Crippen molar-refractivity contribution in [1.82, 2.24) is 0 Å². The van der Waals surface area contributed by atoms with Gasteiger partial charge in [0, 0.05) is 0 Å². The van der Waals surface area contributed by atoms with Crippen LogP contribution in [-0.2, 0) is 0 Å². The summed E-state index contributed by atoms with van der Waals surface area (Å²) in [6, 6.07) is 0. The van der Waals surface area contributed by atoms with Crippen LogP contribution in [0.15, 0.2) is 22.8 Å². The summed E-state index contributed by atoms with van der Waals surface area (Å²) in [5, 5.41) is 0. The lowest BCUT2D eigenvalue weighted by Crippen LogP contribution is -2.49. The lowest BCUT2D eigenvalue weighted by molar-refractivity contribution is -0.000302. The highest BCUT2D eigenvalue weighted by molar-refractivity contribution is 5.43. The molecule has 0 aromatic carbocycles. The number of hydrogen-bond donors (Lipinski definition) is 0. The molecule has 0 bridgehead atoms. The molecule has 0 N–H and O–H groups in total. The van der Waals surface area contributed by atoms with E-state index in [1.165, 1.54) is 44.9 Å². The van der Waals surface area contributed by atoms with Gasteiger partial charge in [-0.2, -0.15) is 0 Å². The second kappa shape index (κ2) is 5.49. The minimum absolute atomic E-state index is 0.485. The molecule has 0 saturated heterocycles. The zero-order chi connectivity index (χ0) is 17.3. The normalized spacial score (nSPS) is 48.0. The zero-order valence-electron chi connectivity index (χ0n) is 16.9. The van der Waals surface area contributed by atoms with E-state index in [1.807, 2.05) is 5.57 Å². The van der Waals surface area contributed by atoms with Crippen molar-refractivity contribution in [2.24, 2.45) is 40.4 Å². The summed E-state index contributed by atoms with van der Waals surface area (Å²) in [4.78, 5) is 0. The van der Waals surface area contributed by atoms with Crippen LogP contribution in [0.3, 0.4) is 0 Å². The molecule has 3 saturated carbocycles. The Morgan fingerprint density at radius 3 is 2.54 bits per heavy atom. The minimum Gasteiger partial charge on any atom is -0.0634 e. The first-order valence-corrected chi connectivity index (χ1v) is 10.7. The molecule has 0 aliphatic heterocycles. The van der Waals surface area contributed by atoms with Gasteiger partial charge in [0.1, 0.15) is 0 Å². The van der Waals surface area contributed by atoms with E-state index in [0.717, 1.165) is 29.6 Å². The first kappa shape index (κ1) is 16.9. The van der Waals surface area contributed by atoms with E-state index >= 15 is 0 Å². The van der Waals surface area contributed by atoms with Gasteiger partial charge >= 0.3 is 0 Å². The third-order valence-electron chi connectivity index (χ3n) is 9.26. The fourth-order valence-corrected chi connectivity index (χ4v) is 7.84. The molecule has 4 rings (SSSR count). The summed E-state index contributed by atoms with van der Waals surface area (Å²) in [5.74, 6) is 4.33. The summed E-state index contributed by atoms with van der Waals surface area (Å²) in [7, 11) is 0. The van der Waals surface area contributed by atoms with Gasteiger partial charge in [-0.25, -0.2) is 0 Å². The van der Waals surface area contributed by atoms with Gasteiger partial charge in [-0.3, -0.25) is 0 Å². The molecule has 0 heterocycles. The van der Waals surface area contributed by atoms with Crippen molar-refractivity contribution in [1.29, 1.82) is 0 Å². The van der Waals surface area contributed by atoms with Gasteiger partial charge in [0.25, 0.3) is 0 Å². The highest BCUT2D eigenvalue weighted by atomic mass is 14.6. The SMILES string of the molecule is CC1=C2C(CC(C)C3(C)C2CCC3C(C)C)C2(C)CCCCC2=C1. The molecule has 24 heavy (non-hydrogen) atoms. The molecule has 0 nitrogen and oxygen atoms in total. The maximum absolute atomic E-state index is 2.67.